The second kappa shape index (κ2) is 20.8. The van der Waals surface area contributed by atoms with E-state index in [1.807, 2.05) is 0 Å². The average Bonchev–Trinajstić information content (AvgIpc) is 1.45. The van der Waals surface area contributed by atoms with Gasteiger partial charge in [-0.1, -0.05) is 291 Å². The lowest BCUT2D eigenvalue weighted by molar-refractivity contribution is 1.65. The molecule has 0 amide bonds. The third kappa shape index (κ3) is 8.04. The Bertz CT molecular complexity index is 5720. The molecule has 0 aromatic heterocycles. The maximum atomic E-state index is 2.49. The first kappa shape index (κ1) is 52.0. The Labute approximate surface area is 533 Å². The fraction of sp³-hybridized carbons (Fsp3) is 0. The van der Waals surface area contributed by atoms with E-state index in [9.17, 15) is 0 Å². The van der Waals surface area contributed by atoms with Gasteiger partial charge in [0.2, 0.25) is 0 Å². The van der Waals surface area contributed by atoms with Crippen molar-refractivity contribution in [3.05, 3.63) is 340 Å². The molecule has 20 rings (SSSR count). The van der Waals surface area contributed by atoms with Crippen LogP contribution in [0.3, 0.4) is 0 Å². The quantitative estimate of drug-likeness (QED) is 0.146. The molecule has 0 heterocycles. The number of rotatable bonds is 6. The highest BCUT2D eigenvalue weighted by atomic mass is 14.3. The monoisotopic (exact) mass is 1160 g/mol. The Balaban J connectivity index is 0.000000132. The van der Waals surface area contributed by atoms with Crippen molar-refractivity contribution in [2.75, 3.05) is 0 Å². The first-order chi connectivity index (χ1) is 45.7. The lowest BCUT2D eigenvalue weighted by Crippen LogP contribution is -1.90. The van der Waals surface area contributed by atoms with E-state index in [2.05, 4.69) is 340 Å². The number of hydrogen-bond acceptors (Lipinski definition) is 0. The van der Waals surface area contributed by atoms with Gasteiger partial charge in [-0.2, -0.15) is 0 Å². The predicted molar refractivity (Wildman–Crippen MR) is 394 cm³/mol. The van der Waals surface area contributed by atoms with Crippen LogP contribution in [0.2, 0.25) is 0 Å². The van der Waals surface area contributed by atoms with Crippen LogP contribution in [0.15, 0.2) is 340 Å². The molecule has 0 radical (unpaired) electrons. The lowest BCUT2D eigenvalue weighted by atomic mass is 9.86. The molecule has 0 bridgehead atoms. The van der Waals surface area contributed by atoms with Crippen molar-refractivity contribution in [1.29, 1.82) is 0 Å². The molecule has 18 aromatic rings. The maximum Gasteiger partial charge on any atom is -0.00201 e. The topological polar surface area (TPSA) is 0 Å². The number of hydrogen-bond donors (Lipinski definition) is 0. The minimum absolute atomic E-state index is 1.24. The molecule has 0 fully saturated rings. The number of fused-ring (bicyclic) bond motifs is 16. The number of benzene rings is 18. The van der Waals surface area contributed by atoms with Crippen LogP contribution in [-0.2, 0) is 0 Å². The van der Waals surface area contributed by atoms with Crippen LogP contribution >= 0.6 is 0 Å². The first-order valence-corrected chi connectivity index (χ1v) is 32.0. The van der Waals surface area contributed by atoms with Crippen LogP contribution in [0.25, 0.3) is 197 Å². The van der Waals surface area contributed by atoms with Crippen LogP contribution in [-0.4, -0.2) is 0 Å². The van der Waals surface area contributed by atoms with E-state index < -0.39 is 0 Å². The van der Waals surface area contributed by atoms with Crippen LogP contribution < -0.4 is 0 Å². The van der Waals surface area contributed by atoms with Gasteiger partial charge >= 0.3 is 0 Å². The second-order valence-corrected chi connectivity index (χ2v) is 24.8. The Morgan fingerprint density at radius 3 is 0.630 bits per heavy atom. The van der Waals surface area contributed by atoms with Gasteiger partial charge < -0.3 is 0 Å². The van der Waals surface area contributed by atoms with Crippen molar-refractivity contribution in [2.24, 2.45) is 0 Å². The van der Waals surface area contributed by atoms with Crippen molar-refractivity contribution in [3.63, 3.8) is 0 Å². The summed E-state index contributed by atoms with van der Waals surface area (Å²) in [4.78, 5) is 0. The summed E-state index contributed by atoms with van der Waals surface area (Å²) in [5.74, 6) is 0. The minimum Gasteiger partial charge on any atom is -0.0622 e. The van der Waals surface area contributed by atoms with Crippen LogP contribution in [0.4, 0.5) is 0 Å². The van der Waals surface area contributed by atoms with Crippen LogP contribution in [0, 0.1) is 0 Å². The molecule has 424 valence electrons. The summed E-state index contributed by atoms with van der Waals surface area (Å²) in [5.41, 5.74) is 25.7. The summed E-state index contributed by atoms with van der Waals surface area (Å²) in [6.07, 6.45) is 0. The largest absolute Gasteiger partial charge is 0.0622 e. The second-order valence-electron chi connectivity index (χ2n) is 24.8. The lowest BCUT2D eigenvalue weighted by Gasteiger charge is -2.17. The molecule has 2 aliphatic carbocycles. The molecule has 0 atom stereocenters. The molecule has 0 spiro atoms. The van der Waals surface area contributed by atoms with Gasteiger partial charge in [-0.3, -0.25) is 0 Å². The molecule has 0 saturated carbocycles. The van der Waals surface area contributed by atoms with E-state index >= 15 is 0 Å². The van der Waals surface area contributed by atoms with Crippen LogP contribution in [0.5, 0.6) is 0 Å². The summed E-state index contributed by atoms with van der Waals surface area (Å²) < 4.78 is 0. The zero-order chi connectivity index (χ0) is 60.4. The maximum absolute atomic E-state index is 2.49. The van der Waals surface area contributed by atoms with E-state index in [-0.39, 0.29) is 0 Å². The average molecular weight is 1160 g/mol. The summed E-state index contributed by atoms with van der Waals surface area (Å²) in [6, 6.07) is 125. The molecule has 92 heavy (non-hydrogen) atoms. The van der Waals surface area contributed by atoms with Gasteiger partial charge in [0.1, 0.15) is 0 Å². The van der Waals surface area contributed by atoms with Crippen molar-refractivity contribution in [1.82, 2.24) is 0 Å². The van der Waals surface area contributed by atoms with Crippen molar-refractivity contribution in [3.8, 4) is 111 Å². The van der Waals surface area contributed by atoms with Gasteiger partial charge in [0.15, 0.2) is 0 Å². The molecule has 0 N–H and O–H groups in total. The van der Waals surface area contributed by atoms with E-state index in [4.69, 9.17) is 0 Å². The van der Waals surface area contributed by atoms with Gasteiger partial charge in [0.25, 0.3) is 0 Å². The van der Waals surface area contributed by atoms with E-state index in [0.717, 1.165) is 0 Å². The molecule has 0 heteroatoms. The van der Waals surface area contributed by atoms with Gasteiger partial charge in [-0.05, 0) is 246 Å². The van der Waals surface area contributed by atoms with Crippen molar-refractivity contribution >= 4 is 86.2 Å². The Morgan fingerprint density at radius 2 is 0.304 bits per heavy atom. The first-order valence-electron chi connectivity index (χ1n) is 32.0. The zero-order valence-corrected chi connectivity index (χ0v) is 50.3. The summed E-state index contributed by atoms with van der Waals surface area (Å²) in [5, 5.41) is 20.8. The van der Waals surface area contributed by atoms with Crippen molar-refractivity contribution < 1.29 is 0 Å². The van der Waals surface area contributed by atoms with Crippen molar-refractivity contribution in [2.45, 2.75) is 0 Å². The van der Waals surface area contributed by atoms with Gasteiger partial charge in [0, 0.05) is 0 Å². The Morgan fingerprint density at radius 1 is 0.0978 bits per heavy atom. The third-order valence-electron chi connectivity index (χ3n) is 20.0. The fourth-order valence-electron chi connectivity index (χ4n) is 15.9. The van der Waals surface area contributed by atoms with Gasteiger partial charge in [-0.25, -0.2) is 0 Å². The highest BCUT2D eigenvalue weighted by Crippen LogP contribution is 2.55. The smallest absolute Gasteiger partial charge is 0.00201 e. The van der Waals surface area contributed by atoms with E-state index in [0.29, 0.717) is 0 Å². The fourth-order valence-corrected chi connectivity index (χ4v) is 15.9. The standard InChI is InChI=1S/2C46H28/c1-4-13-29(14-5-1)32-23-24-37-42-27-43-39(31-17-8-3-9-18-31)26-40-34-20-11-10-19-33(34)38(30-15-6-2-7-16-30)25-44(40)45(43)28-41(42)36-22-12-21-35(32)46(36)37;1-4-13-29(14-5-1)32-23-24-37-42-28-45-43(27-41(42)36-22-12-21-35(32)46(36)37)39(31-17-8-3-9-18-31)26-40-34-20-11-10-19-33(34)38(25-44(40)45)30-15-6-2-7-16-30/h2*1-28H. The van der Waals surface area contributed by atoms with Gasteiger partial charge in [-0.15, -0.1) is 0 Å². The summed E-state index contributed by atoms with van der Waals surface area (Å²) in [6.45, 7) is 0. The predicted octanol–water partition coefficient (Wildman–Crippen LogP) is 25.9. The molecule has 0 saturated heterocycles. The highest BCUT2D eigenvalue weighted by Gasteiger charge is 2.28. The summed E-state index contributed by atoms with van der Waals surface area (Å²) in [7, 11) is 0. The third-order valence-corrected chi connectivity index (χ3v) is 20.0. The molecule has 18 aromatic carbocycles. The Hall–Kier alpha value is -12.0. The van der Waals surface area contributed by atoms with Gasteiger partial charge in [0.05, 0.1) is 0 Å². The molecule has 0 nitrogen and oxygen atoms in total. The van der Waals surface area contributed by atoms with E-state index in [1.54, 1.807) is 0 Å². The minimum atomic E-state index is 1.24. The highest BCUT2D eigenvalue weighted by molar-refractivity contribution is 6.30. The SMILES string of the molecule is c1ccc(-c2ccc3c4c(cccc24)-c2cc4c(-c5ccccc5)cc5c6ccccc6c(-c6ccccc6)cc5c4cc2-3)cc1.c1ccc(-c2ccc3c4c(cccc24)-c2cc4c(cc2-3)c(-c2ccccc2)cc2c3ccccc3c(-c3ccccc3)cc42)cc1. The Kier molecular flexibility index (Phi) is 11.8. The molecule has 0 unspecified atom stereocenters. The molecular weight excluding hydrogens is 1110 g/mol. The molecule has 0 aliphatic heterocycles. The normalized spacial score (nSPS) is 11.9. The molecule has 2 aliphatic rings. The zero-order valence-electron chi connectivity index (χ0n) is 50.3. The molecular formula is C92H56. The van der Waals surface area contributed by atoms with Crippen LogP contribution in [0.1, 0.15) is 0 Å². The van der Waals surface area contributed by atoms with E-state index in [1.165, 1.54) is 197 Å². The summed E-state index contributed by atoms with van der Waals surface area (Å²) >= 11 is 0.